The number of aromatic hydroxyl groups is 1. The van der Waals surface area contributed by atoms with Crippen LogP contribution in [0.15, 0.2) is 54.1 Å². The van der Waals surface area contributed by atoms with Gasteiger partial charge in [-0.3, -0.25) is 9.59 Å². The minimum atomic E-state index is -0.798. The van der Waals surface area contributed by atoms with Gasteiger partial charge in [0.15, 0.2) is 0 Å². The predicted octanol–water partition coefficient (Wildman–Crippen LogP) is 3.94. The number of aliphatic hydroxyl groups excluding tert-OH is 1. The van der Waals surface area contributed by atoms with Gasteiger partial charge in [-0.05, 0) is 49.3 Å². The van der Waals surface area contributed by atoms with E-state index in [0.717, 1.165) is 19.5 Å². The lowest BCUT2D eigenvalue weighted by Crippen LogP contribution is -2.38. The number of hydrogen-bond acceptors (Lipinski definition) is 6. The van der Waals surface area contributed by atoms with Crippen molar-refractivity contribution in [3.8, 4) is 11.5 Å². The molecule has 1 saturated heterocycles. The topological polar surface area (TPSA) is 90.3 Å². The Morgan fingerprint density at radius 1 is 1.06 bits per heavy atom. The smallest absolute Gasteiger partial charge is 0.295 e. The number of rotatable bonds is 10. The number of amides is 1. The molecule has 2 aromatic rings. The highest BCUT2D eigenvalue weighted by Gasteiger charge is 2.46. The Balaban J connectivity index is 2.07. The summed E-state index contributed by atoms with van der Waals surface area (Å²) in [6, 6.07) is 12.5. The molecule has 0 saturated carbocycles. The van der Waals surface area contributed by atoms with Crippen LogP contribution < -0.4 is 4.74 Å². The molecule has 176 valence electrons. The van der Waals surface area contributed by atoms with E-state index in [4.69, 9.17) is 4.74 Å². The Hall–Kier alpha value is -3.32. The van der Waals surface area contributed by atoms with Crippen LogP contribution in [0.3, 0.4) is 0 Å². The monoisotopic (exact) mass is 452 g/mol. The molecule has 33 heavy (non-hydrogen) atoms. The number of ketones is 1. The lowest BCUT2D eigenvalue weighted by molar-refractivity contribution is -0.140. The largest absolute Gasteiger partial charge is 0.508 e. The number of aliphatic hydroxyl groups is 1. The van der Waals surface area contributed by atoms with Crippen molar-refractivity contribution >= 4 is 17.4 Å². The molecule has 1 aliphatic heterocycles. The summed E-state index contributed by atoms with van der Waals surface area (Å²) < 4.78 is 5.66. The molecule has 0 aliphatic carbocycles. The van der Waals surface area contributed by atoms with Gasteiger partial charge >= 0.3 is 0 Å². The van der Waals surface area contributed by atoms with Crippen molar-refractivity contribution in [2.45, 2.75) is 33.2 Å². The van der Waals surface area contributed by atoms with Crippen LogP contribution in [0.1, 0.15) is 44.4 Å². The molecule has 0 radical (unpaired) electrons. The number of carbonyl (C=O) groups is 2. The predicted molar refractivity (Wildman–Crippen MR) is 127 cm³/mol. The van der Waals surface area contributed by atoms with Crippen LogP contribution in [0.4, 0.5) is 0 Å². The van der Waals surface area contributed by atoms with E-state index in [1.165, 1.54) is 17.0 Å². The zero-order valence-electron chi connectivity index (χ0n) is 19.5. The second-order valence-electron chi connectivity index (χ2n) is 7.99. The van der Waals surface area contributed by atoms with Crippen molar-refractivity contribution < 1.29 is 24.5 Å². The van der Waals surface area contributed by atoms with E-state index in [2.05, 4.69) is 4.90 Å². The second kappa shape index (κ2) is 11.0. The van der Waals surface area contributed by atoms with Crippen molar-refractivity contribution in [2.24, 2.45) is 0 Å². The SMILES string of the molecule is CCCOc1cccc(/C(O)=C2\C(=O)C(=O)N(CCN(CC)CC)C2c2cccc(O)c2)c1. The number of likely N-dealkylation sites (N-methyl/N-ethyl adjacent to an activating group) is 1. The molecule has 1 fully saturated rings. The Kier molecular flexibility index (Phi) is 8.11. The molecule has 0 aromatic heterocycles. The number of phenolic OH excluding ortho intramolecular Hbond substituents is 1. The van der Waals surface area contributed by atoms with Crippen molar-refractivity contribution in [1.29, 1.82) is 0 Å². The quantitative estimate of drug-likeness (QED) is 0.322. The standard InChI is InChI=1S/C26H32N2O5/c1-4-15-33-21-12-8-10-19(17-21)24(30)22-23(18-9-7-11-20(29)16-18)28(26(32)25(22)31)14-13-27(5-2)6-3/h7-12,16-17,23,29-30H,4-6,13-15H2,1-3H3/b24-22+. The molecule has 1 atom stereocenters. The first kappa shape index (κ1) is 24.3. The summed E-state index contributed by atoms with van der Waals surface area (Å²) in [5, 5.41) is 21.3. The fourth-order valence-electron chi connectivity index (χ4n) is 4.05. The van der Waals surface area contributed by atoms with Gasteiger partial charge in [-0.15, -0.1) is 0 Å². The molecular weight excluding hydrogens is 420 g/mol. The maximum atomic E-state index is 13.1. The first-order valence-corrected chi connectivity index (χ1v) is 11.4. The van der Waals surface area contributed by atoms with E-state index in [-0.39, 0.29) is 17.1 Å². The van der Waals surface area contributed by atoms with Crippen LogP contribution in [0.25, 0.3) is 5.76 Å². The average molecular weight is 453 g/mol. The molecule has 7 heteroatoms. The van der Waals surface area contributed by atoms with E-state index < -0.39 is 17.7 Å². The van der Waals surface area contributed by atoms with Gasteiger partial charge in [0.25, 0.3) is 11.7 Å². The summed E-state index contributed by atoms with van der Waals surface area (Å²) in [6.07, 6.45) is 0.839. The molecule has 7 nitrogen and oxygen atoms in total. The lowest BCUT2D eigenvalue weighted by Gasteiger charge is -2.28. The van der Waals surface area contributed by atoms with Gasteiger partial charge in [-0.25, -0.2) is 0 Å². The first-order valence-electron chi connectivity index (χ1n) is 11.4. The van der Waals surface area contributed by atoms with Crippen LogP contribution in [-0.4, -0.2) is 64.5 Å². The van der Waals surface area contributed by atoms with Crippen molar-refractivity contribution in [3.63, 3.8) is 0 Å². The summed E-state index contributed by atoms with van der Waals surface area (Å²) in [4.78, 5) is 29.8. The van der Waals surface area contributed by atoms with Crippen LogP contribution in [0.5, 0.6) is 11.5 Å². The Labute approximate surface area is 194 Å². The summed E-state index contributed by atoms with van der Waals surface area (Å²) in [6.45, 7) is 9.17. The number of phenols is 1. The van der Waals surface area contributed by atoms with Crippen molar-refractivity contribution in [2.75, 3.05) is 32.8 Å². The molecule has 3 rings (SSSR count). The Bertz CT molecular complexity index is 1030. The third kappa shape index (κ3) is 5.37. The van der Waals surface area contributed by atoms with Gasteiger partial charge < -0.3 is 24.7 Å². The minimum absolute atomic E-state index is 0.0118. The fourth-order valence-corrected chi connectivity index (χ4v) is 4.05. The number of benzene rings is 2. The van der Waals surface area contributed by atoms with Gasteiger partial charge in [0.2, 0.25) is 0 Å². The van der Waals surface area contributed by atoms with E-state index in [1.807, 2.05) is 20.8 Å². The van der Waals surface area contributed by atoms with E-state index in [9.17, 15) is 19.8 Å². The van der Waals surface area contributed by atoms with Crippen LogP contribution in [-0.2, 0) is 9.59 Å². The summed E-state index contributed by atoms with van der Waals surface area (Å²) in [7, 11) is 0. The Morgan fingerprint density at radius 2 is 1.79 bits per heavy atom. The highest BCUT2D eigenvalue weighted by atomic mass is 16.5. The molecule has 1 unspecified atom stereocenters. The van der Waals surface area contributed by atoms with Crippen molar-refractivity contribution in [3.05, 3.63) is 65.2 Å². The number of carbonyl (C=O) groups excluding carboxylic acids is 2. The van der Waals surface area contributed by atoms with Crippen LogP contribution >= 0.6 is 0 Å². The average Bonchev–Trinajstić information content (AvgIpc) is 3.08. The Morgan fingerprint density at radius 3 is 2.45 bits per heavy atom. The maximum Gasteiger partial charge on any atom is 0.295 e. The summed E-state index contributed by atoms with van der Waals surface area (Å²) in [5.74, 6) is -1.05. The molecule has 1 aliphatic rings. The summed E-state index contributed by atoms with van der Waals surface area (Å²) in [5.41, 5.74) is 0.974. The highest BCUT2D eigenvalue weighted by Crippen LogP contribution is 2.40. The van der Waals surface area contributed by atoms with Crippen LogP contribution in [0.2, 0.25) is 0 Å². The fraction of sp³-hybridized carbons (Fsp3) is 0.385. The van der Waals surface area contributed by atoms with Gasteiger partial charge in [0.05, 0.1) is 18.2 Å². The molecule has 0 bridgehead atoms. The number of ether oxygens (including phenoxy) is 1. The second-order valence-corrected chi connectivity index (χ2v) is 7.99. The zero-order valence-corrected chi connectivity index (χ0v) is 19.5. The molecule has 2 N–H and O–H groups in total. The molecular formula is C26H32N2O5. The van der Waals surface area contributed by atoms with E-state index in [0.29, 0.717) is 36.6 Å². The highest BCUT2D eigenvalue weighted by molar-refractivity contribution is 6.46. The normalized spacial score (nSPS) is 17.7. The van der Waals surface area contributed by atoms with Gasteiger partial charge in [-0.2, -0.15) is 0 Å². The summed E-state index contributed by atoms with van der Waals surface area (Å²) >= 11 is 0. The maximum absolute atomic E-state index is 13.1. The molecule has 1 heterocycles. The molecule has 1 amide bonds. The lowest BCUT2D eigenvalue weighted by atomic mass is 9.95. The molecule has 0 spiro atoms. The van der Waals surface area contributed by atoms with E-state index >= 15 is 0 Å². The third-order valence-corrected chi connectivity index (χ3v) is 5.86. The van der Waals surface area contributed by atoms with Gasteiger partial charge in [0.1, 0.15) is 17.3 Å². The first-order chi connectivity index (χ1) is 15.9. The number of nitrogens with zero attached hydrogens (tertiary/aromatic N) is 2. The van der Waals surface area contributed by atoms with Crippen molar-refractivity contribution in [1.82, 2.24) is 9.80 Å². The van der Waals surface area contributed by atoms with Gasteiger partial charge in [0, 0.05) is 18.7 Å². The van der Waals surface area contributed by atoms with Crippen LogP contribution in [0, 0.1) is 0 Å². The van der Waals surface area contributed by atoms with Gasteiger partial charge in [-0.1, -0.05) is 45.0 Å². The third-order valence-electron chi connectivity index (χ3n) is 5.86. The number of likely N-dealkylation sites (tertiary alicyclic amines) is 1. The number of hydrogen-bond donors (Lipinski definition) is 2. The number of Topliss-reactive ketones (excluding diaryl/α,β-unsaturated/α-hetero) is 1. The molecule has 2 aromatic carbocycles. The minimum Gasteiger partial charge on any atom is -0.508 e. The zero-order chi connectivity index (χ0) is 24.0. The van der Waals surface area contributed by atoms with E-state index in [1.54, 1.807) is 36.4 Å².